The van der Waals surface area contributed by atoms with Gasteiger partial charge in [0.25, 0.3) is 5.91 Å². The molecule has 0 fully saturated rings. The first kappa shape index (κ1) is 15.3. The van der Waals surface area contributed by atoms with E-state index in [4.69, 9.17) is 0 Å². The second kappa shape index (κ2) is 5.69. The highest BCUT2D eigenvalue weighted by molar-refractivity contribution is 7.90. The van der Waals surface area contributed by atoms with Gasteiger partial charge in [-0.1, -0.05) is 18.2 Å². The fraction of sp³-hybridized carbons (Fsp3) is 0.188. The van der Waals surface area contributed by atoms with Gasteiger partial charge in [-0.3, -0.25) is 4.79 Å². The molecular weight excluding hydrogens is 286 g/mol. The predicted molar refractivity (Wildman–Crippen MR) is 83.4 cm³/mol. The van der Waals surface area contributed by atoms with Crippen LogP contribution in [-0.4, -0.2) is 20.6 Å². The lowest BCUT2D eigenvalue weighted by molar-refractivity contribution is 0.102. The van der Waals surface area contributed by atoms with Crippen LogP contribution in [0.3, 0.4) is 0 Å². The van der Waals surface area contributed by atoms with Crippen molar-refractivity contribution >= 4 is 21.4 Å². The SMILES string of the molecule is Cc1ccc(NC(=O)c2ccccc2S(C)(=O)=O)cc1C. The van der Waals surface area contributed by atoms with E-state index in [0.717, 1.165) is 17.4 Å². The molecule has 0 spiro atoms. The van der Waals surface area contributed by atoms with Gasteiger partial charge in [0.05, 0.1) is 10.5 Å². The van der Waals surface area contributed by atoms with Crippen LogP contribution in [0.15, 0.2) is 47.4 Å². The highest BCUT2D eigenvalue weighted by Gasteiger charge is 2.18. The van der Waals surface area contributed by atoms with E-state index in [9.17, 15) is 13.2 Å². The summed E-state index contributed by atoms with van der Waals surface area (Å²) in [4.78, 5) is 12.3. The Morgan fingerprint density at radius 1 is 1.00 bits per heavy atom. The van der Waals surface area contributed by atoms with Crippen LogP contribution in [0, 0.1) is 13.8 Å². The van der Waals surface area contributed by atoms with E-state index in [0.29, 0.717) is 5.69 Å². The van der Waals surface area contributed by atoms with Crippen LogP contribution in [0.1, 0.15) is 21.5 Å². The van der Waals surface area contributed by atoms with Crippen molar-refractivity contribution in [3.63, 3.8) is 0 Å². The van der Waals surface area contributed by atoms with Crippen molar-refractivity contribution < 1.29 is 13.2 Å². The van der Waals surface area contributed by atoms with Gasteiger partial charge >= 0.3 is 0 Å². The van der Waals surface area contributed by atoms with Crippen LogP contribution in [0.4, 0.5) is 5.69 Å². The third-order valence-electron chi connectivity index (χ3n) is 3.30. The van der Waals surface area contributed by atoms with Gasteiger partial charge in [-0.25, -0.2) is 8.42 Å². The fourth-order valence-corrected chi connectivity index (χ4v) is 2.88. The number of rotatable bonds is 3. The van der Waals surface area contributed by atoms with Crippen LogP contribution >= 0.6 is 0 Å². The van der Waals surface area contributed by atoms with Crippen LogP contribution in [0.2, 0.25) is 0 Å². The maximum Gasteiger partial charge on any atom is 0.256 e. The molecule has 0 saturated heterocycles. The first-order chi connectivity index (χ1) is 9.79. The van der Waals surface area contributed by atoms with Gasteiger partial charge < -0.3 is 5.32 Å². The predicted octanol–water partition coefficient (Wildman–Crippen LogP) is 2.96. The highest BCUT2D eigenvalue weighted by Crippen LogP contribution is 2.19. The second-order valence-electron chi connectivity index (χ2n) is 5.02. The number of nitrogens with one attached hydrogen (secondary N) is 1. The average molecular weight is 303 g/mol. The van der Waals surface area contributed by atoms with Crippen LogP contribution < -0.4 is 5.32 Å². The molecule has 0 unspecified atom stereocenters. The van der Waals surface area contributed by atoms with Crippen molar-refractivity contribution in [2.24, 2.45) is 0 Å². The summed E-state index contributed by atoms with van der Waals surface area (Å²) in [6.07, 6.45) is 1.09. The van der Waals surface area contributed by atoms with Crippen molar-refractivity contribution in [1.82, 2.24) is 0 Å². The molecule has 0 atom stereocenters. The van der Waals surface area contributed by atoms with Gasteiger partial charge in [0.1, 0.15) is 0 Å². The fourth-order valence-electron chi connectivity index (χ4n) is 2.00. The lowest BCUT2D eigenvalue weighted by Gasteiger charge is -2.10. The number of carbonyl (C=O) groups is 1. The number of hydrogen-bond acceptors (Lipinski definition) is 3. The standard InChI is InChI=1S/C16H17NO3S/c1-11-8-9-13(10-12(11)2)17-16(18)14-6-4-5-7-15(14)21(3,19)20/h4-10H,1-3H3,(H,17,18). The molecule has 2 rings (SSSR count). The zero-order valence-corrected chi connectivity index (χ0v) is 13.0. The van der Waals surface area contributed by atoms with Gasteiger partial charge in [-0.2, -0.15) is 0 Å². The summed E-state index contributed by atoms with van der Waals surface area (Å²) in [6, 6.07) is 11.7. The van der Waals surface area contributed by atoms with E-state index in [1.165, 1.54) is 12.1 Å². The molecule has 1 N–H and O–H groups in total. The Kier molecular flexibility index (Phi) is 4.14. The van der Waals surface area contributed by atoms with Crippen molar-refractivity contribution in [2.45, 2.75) is 18.7 Å². The lowest BCUT2D eigenvalue weighted by atomic mass is 10.1. The molecule has 21 heavy (non-hydrogen) atoms. The Labute approximate surface area is 124 Å². The molecule has 0 bridgehead atoms. The van der Waals surface area contributed by atoms with Crippen LogP contribution in [0.5, 0.6) is 0 Å². The average Bonchev–Trinajstić information content (AvgIpc) is 2.42. The maximum atomic E-state index is 12.3. The second-order valence-corrected chi connectivity index (χ2v) is 7.01. The third kappa shape index (κ3) is 3.49. The molecule has 0 aliphatic carbocycles. The van der Waals surface area contributed by atoms with Crippen LogP contribution in [-0.2, 0) is 9.84 Å². The molecular formula is C16H17NO3S. The number of anilines is 1. The first-order valence-corrected chi connectivity index (χ1v) is 8.36. The zero-order chi connectivity index (χ0) is 15.6. The number of carbonyl (C=O) groups excluding carboxylic acids is 1. The van der Waals surface area contributed by atoms with Gasteiger partial charge in [0.2, 0.25) is 0 Å². The molecule has 4 nitrogen and oxygen atoms in total. The maximum absolute atomic E-state index is 12.3. The number of sulfone groups is 1. The molecule has 0 aromatic heterocycles. The lowest BCUT2D eigenvalue weighted by Crippen LogP contribution is -2.16. The van der Waals surface area contributed by atoms with Gasteiger partial charge in [-0.15, -0.1) is 0 Å². The normalized spacial score (nSPS) is 11.2. The van der Waals surface area contributed by atoms with Crippen LogP contribution in [0.25, 0.3) is 0 Å². The Morgan fingerprint density at radius 2 is 1.67 bits per heavy atom. The molecule has 2 aromatic carbocycles. The Bertz CT molecular complexity index is 795. The zero-order valence-electron chi connectivity index (χ0n) is 12.2. The molecule has 0 radical (unpaired) electrons. The van der Waals surface area contributed by atoms with Gasteiger partial charge in [-0.05, 0) is 49.2 Å². The molecule has 0 aliphatic heterocycles. The summed E-state index contributed by atoms with van der Waals surface area (Å²) in [5.41, 5.74) is 2.98. The minimum atomic E-state index is -3.45. The summed E-state index contributed by atoms with van der Waals surface area (Å²) < 4.78 is 23.5. The monoisotopic (exact) mass is 303 g/mol. The van der Waals surface area contributed by atoms with E-state index >= 15 is 0 Å². The molecule has 0 saturated carbocycles. The minimum Gasteiger partial charge on any atom is -0.322 e. The highest BCUT2D eigenvalue weighted by atomic mass is 32.2. The number of amides is 1. The van der Waals surface area contributed by atoms with Gasteiger partial charge in [0.15, 0.2) is 9.84 Å². The Hall–Kier alpha value is -2.14. The van der Waals surface area contributed by atoms with E-state index in [-0.39, 0.29) is 10.5 Å². The third-order valence-corrected chi connectivity index (χ3v) is 4.45. The van der Waals surface area contributed by atoms with Crippen molar-refractivity contribution in [2.75, 3.05) is 11.6 Å². The van der Waals surface area contributed by atoms with E-state index in [1.54, 1.807) is 18.2 Å². The van der Waals surface area contributed by atoms with E-state index < -0.39 is 15.7 Å². The van der Waals surface area contributed by atoms with Gasteiger partial charge in [0, 0.05) is 11.9 Å². The molecule has 0 heterocycles. The Morgan fingerprint density at radius 3 is 2.29 bits per heavy atom. The largest absolute Gasteiger partial charge is 0.322 e. The molecule has 110 valence electrons. The molecule has 2 aromatic rings. The summed E-state index contributed by atoms with van der Waals surface area (Å²) in [5.74, 6) is -0.431. The smallest absolute Gasteiger partial charge is 0.256 e. The minimum absolute atomic E-state index is 0.0336. The summed E-state index contributed by atoms with van der Waals surface area (Å²) in [7, 11) is -3.45. The summed E-state index contributed by atoms with van der Waals surface area (Å²) in [6.45, 7) is 3.94. The number of hydrogen-bond donors (Lipinski definition) is 1. The van der Waals surface area contributed by atoms with E-state index in [1.807, 2.05) is 26.0 Å². The molecule has 5 heteroatoms. The van der Waals surface area contributed by atoms with E-state index in [2.05, 4.69) is 5.32 Å². The first-order valence-electron chi connectivity index (χ1n) is 6.47. The van der Waals surface area contributed by atoms with Crippen molar-refractivity contribution in [3.8, 4) is 0 Å². The number of aryl methyl sites for hydroxylation is 2. The number of benzene rings is 2. The van der Waals surface area contributed by atoms with Crippen molar-refractivity contribution in [1.29, 1.82) is 0 Å². The summed E-state index contributed by atoms with van der Waals surface area (Å²) >= 11 is 0. The molecule has 0 aliphatic rings. The topological polar surface area (TPSA) is 63.2 Å². The quantitative estimate of drug-likeness (QED) is 0.948. The van der Waals surface area contributed by atoms with Crippen molar-refractivity contribution in [3.05, 3.63) is 59.2 Å². The summed E-state index contributed by atoms with van der Waals surface area (Å²) in [5, 5.41) is 2.74. The Balaban J connectivity index is 2.35. The molecule has 1 amide bonds.